The monoisotopic (exact) mass is 316 g/mol. The molecular formula is C15H22F2N2O3. The van der Waals surface area contributed by atoms with Crippen LogP contribution >= 0.6 is 0 Å². The number of benzene rings is 1. The number of nitrogens with one attached hydrogen (secondary N) is 1. The maximum Gasteiger partial charge on any atom is 0.412 e. The first kappa shape index (κ1) is 18.2. The molecule has 22 heavy (non-hydrogen) atoms. The summed E-state index contributed by atoms with van der Waals surface area (Å²) in [4.78, 5) is 11.8. The Kier molecular flexibility index (Phi) is 5.71. The van der Waals surface area contributed by atoms with Gasteiger partial charge in [-0.2, -0.15) is 0 Å². The number of nitrogens with two attached hydrogens (primary N) is 1. The first-order valence-electron chi connectivity index (χ1n) is 6.81. The molecule has 0 aliphatic carbocycles. The first-order chi connectivity index (χ1) is 10.1. The minimum atomic E-state index is -3.06. The summed E-state index contributed by atoms with van der Waals surface area (Å²) >= 11 is 0. The van der Waals surface area contributed by atoms with E-state index < -0.39 is 30.6 Å². The number of methoxy groups -OCH3 is 1. The van der Waals surface area contributed by atoms with Gasteiger partial charge in [-0.1, -0.05) is 6.07 Å². The van der Waals surface area contributed by atoms with Gasteiger partial charge in [0.1, 0.15) is 11.4 Å². The smallest absolute Gasteiger partial charge is 0.412 e. The highest BCUT2D eigenvalue weighted by atomic mass is 19.3. The van der Waals surface area contributed by atoms with Crippen LogP contribution in [0.4, 0.5) is 19.3 Å². The van der Waals surface area contributed by atoms with Crippen molar-refractivity contribution in [3.8, 4) is 5.75 Å². The van der Waals surface area contributed by atoms with Gasteiger partial charge >= 0.3 is 6.09 Å². The molecule has 0 unspecified atom stereocenters. The summed E-state index contributed by atoms with van der Waals surface area (Å²) in [6.07, 6.45) is -1.31. The Bertz CT molecular complexity index is 528. The molecule has 5 nitrogen and oxygen atoms in total. The lowest BCUT2D eigenvalue weighted by atomic mass is 10.0. The van der Waals surface area contributed by atoms with Crippen LogP contribution in [0, 0.1) is 0 Å². The largest absolute Gasteiger partial charge is 0.497 e. The van der Waals surface area contributed by atoms with E-state index in [0.717, 1.165) is 0 Å². The number of hydrogen-bond donors (Lipinski definition) is 2. The summed E-state index contributed by atoms with van der Waals surface area (Å²) in [6, 6.07) is 4.48. The van der Waals surface area contributed by atoms with Crippen molar-refractivity contribution in [2.75, 3.05) is 19.0 Å². The molecule has 0 aromatic heterocycles. The molecule has 124 valence electrons. The Labute approximate surface area is 128 Å². The molecule has 0 saturated heterocycles. The third-order valence-corrected chi connectivity index (χ3v) is 2.70. The van der Waals surface area contributed by atoms with Crippen LogP contribution in [0.3, 0.4) is 0 Å². The first-order valence-corrected chi connectivity index (χ1v) is 6.81. The van der Waals surface area contributed by atoms with Crippen LogP contribution in [0.15, 0.2) is 18.2 Å². The quantitative estimate of drug-likeness (QED) is 0.875. The predicted octanol–water partition coefficient (Wildman–Crippen LogP) is 3.18. The zero-order valence-electron chi connectivity index (χ0n) is 13.2. The number of carbonyl (C=O) groups excluding carboxylic acids is 1. The minimum Gasteiger partial charge on any atom is -0.497 e. The predicted molar refractivity (Wildman–Crippen MR) is 80.6 cm³/mol. The lowest BCUT2D eigenvalue weighted by Crippen LogP contribution is -2.31. The van der Waals surface area contributed by atoms with Crippen molar-refractivity contribution >= 4 is 11.8 Å². The van der Waals surface area contributed by atoms with Gasteiger partial charge in [0, 0.05) is 12.5 Å². The van der Waals surface area contributed by atoms with Gasteiger partial charge in [-0.15, -0.1) is 0 Å². The highest BCUT2D eigenvalue weighted by molar-refractivity contribution is 5.86. The highest BCUT2D eigenvalue weighted by Crippen LogP contribution is 2.28. The fourth-order valence-corrected chi connectivity index (χ4v) is 1.72. The standard InChI is InChI=1S/C15H22F2N2O3/c1-14(2,3)22-13(20)19-12-7-11(21-4)6-5-10(12)8-15(16,17)9-18/h5-7H,8-9,18H2,1-4H3,(H,19,20). The van der Waals surface area contributed by atoms with Crippen molar-refractivity contribution in [2.45, 2.75) is 38.7 Å². The molecule has 0 saturated carbocycles. The van der Waals surface area contributed by atoms with E-state index in [0.29, 0.717) is 5.75 Å². The number of hydrogen-bond acceptors (Lipinski definition) is 4. The van der Waals surface area contributed by atoms with E-state index in [2.05, 4.69) is 5.32 Å². The van der Waals surface area contributed by atoms with Crippen molar-refractivity contribution in [2.24, 2.45) is 5.73 Å². The van der Waals surface area contributed by atoms with Crippen LogP contribution < -0.4 is 15.8 Å². The van der Waals surface area contributed by atoms with Crippen molar-refractivity contribution in [3.63, 3.8) is 0 Å². The van der Waals surface area contributed by atoms with Crippen LogP contribution in [0.5, 0.6) is 5.75 Å². The minimum absolute atomic E-state index is 0.210. The second kappa shape index (κ2) is 6.91. The average molecular weight is 316 g/mol. The zero-order valence-corrected chi connectivity index (χ0v) is 13.2. The molecule has 1 aromatic carbocycles. The number of rotatable bonds is 5. The van der Waals surface area contributed by atoms with Crippen molar-refractivity contribution in [1.82, 2.24) is 0 Å². The molecule has 3 N–H and O–H groups in total. The van der Waals surface area contributed by atoms with E-state index in [9.17, 15) is 13.6 Å². The van der Waals surface area contributed by atoms with E-state index in [1.807, 2.05) is 0 Å². The van der Waals surface area contributed by atoms with Gasteiger partial charge in [-0.3, -0.25) is 5.32 Å². The van der Waals surface area contributed by atoms with Gasteiger partial charge in [0.25, 0.3) is 5.92 Å². The summed E-state index contributed by atoms with van der Waals surface area (Å²) in [6.45, 7) is 4.36. The van der Waals surface area contributed by atoms with Crippen LogP contribution in [-0.2, 0) is 11.2 Å². The Balaban J connectivity index is 3.01. The second-order valence-electron chi connectivity index (χ2n) is 5.89. The van der Waals surface area contributed by atoms with Crippen molar-refractivity contribution < 1.29 is 23.0 Å². The molecule has 0 atom stereocenters. The molecule has 0 heterocycles. The van der Waals surface area contributed by atoms with Gasteiger partial charge in [-0.25, -0.2) is 13.6 Å². The molecule has 0 spiro atoms. The van der Waals surface area contributed by atoms with Crippen molar-refractivity contribution in [3.05, 3.63) is 23.8 Å². The number of anilines is 1. The molecule has 1 rings (SSSR count). The van der Waals surface area contributed by atoms with Crippen LogP contribution in [0.25, 0.3) is 0 Å². The molecule has 1 aromatic rings. The third-order valence-electron chi connectivity index (χ3n) is 2.70. The molecule has 0 aliphatic heterocycles. The number of carbonyl (C=O) groups is 1. The zero-order chi connectivity index (χ0) is 17.0. The Morgan fingerprint density at radius 1 is 1.32 bits per heavy atom. The Morgan fingerprint density at radius 2 is 1.95 bits per heavy atom. The fourth-order valence-electron chi connectivity index (χ4n) is 1.72. The van der Waals surface area contributed by atoms with Crippen LogP contribution in [-0.4, -0.2) is 31.3 Å². The second-order valence-corrected chi connectivity index (χ2v) is 5.89. The molecule has 0 fully saturated rings. The van der Waals surface area contributed by atoms with Gasteiger partial charge in [-0.05, 0) is 32.4 Å². The molecule has 0 aliphatic rings. The van der Waals surface area contributed by atoms with Gasteiger partial charge in [0.15, 0.2) is 0 Å². The van der Waals surface area contributed by atoms with E-state index in [-0.39, 0.29) is 11.3 Å². The summed E-state index contributed by atoms with van der Waals surface area (Å²) < 4.78 is 37.2. The summed E-state index contributed by atoms with van der Waals surface area (Å²) in [5.74, 6) is -2.62. The number of alkyl halides is 2. The highest BCUT2D eigenvalue weighted by Gasteiger charge is 2.29. The van der Waals surface area contributed by atoms with E-state index in [1.54, 1.807) is 26.8 Å². The number of halogens is 2. The Hall–Kier alpha value is -1.89. The van der Waals surface area contributed by atoms with Crippen LogP contribution in [0.1, 0.15) is 26.3 Å². The summed E-state index contributed by atoms with van der Waals surface area (Å²) in [5.41, 5.74) is 4.83. The maximum absolute atomic E-state index is 13.5. The normalized spacial score (nSPS) is 12.0. The summed E-state index contributed by atoms with van der Waals surface area (Å²) in [7, 11) is 1.45. The van der Waals surface area contributed by atoms with Crippen molar-refractivity contribution in [1.29, 1.82) is 0 Å². The Morgan fingerprint density at radius 3 is 2.45 bits per heavy atom. The molecule has 7 heteroatoms. The molecule has 0 bridgehead atoms. The van der Waals surface area contributed by atoms with Gasteiger partial charge in [0.2, 0.25) is 0 Å². The van der Waals surface area contributed by atoms with Gasteiger partial charge in [0.05, 0.1) is 19.3 Å². The van der Waals surface area contributed by atoms with Gasteiger partial charge < -0.3 is 15.2 Å². The summed E-state index contributed by atoms with van der Waals surface area (Å²) in [5, 5.41) is 2.47. The molecule has 1 amide bonds. The van der Waals surface area contributed by atoms with Crippen LogP contribution in [0.2, 0.25) is 0 Å². The molecule has 0 radical (unpaired) electrons. The molecular weight excluding hydrogens is 294 g/mol. The third kappa shape index (κ3) is 5.85. The average Bonchev–Trinajstić information content (AvgIpc) is 2.38. The van der Waals surface area contributed by atoms with E-state index >= 15 is 0 Å². The SMILES string of the molecule is COc1ccc(CC(F)(F)CN)c(NC(=O)OC(C)(C)C)c1. The lowest BCUT2D eigenvalue weighted by molar-refractivity contribution is 0.0115. The van der Waals surface area contributed by atoms with E-state index in [4.69, 9.17) is 15.2 Å². The number of amides is 1. The number of ether oxygens (including phenoxy) is 2. The van der Waals surface area contributed by atoms with E-state index in [1.165, 1.54) is 19.2 Å². The lowest BCUT2D eigenvalue weighted by Gasteiger charge is -2.21. The maximum atomic E-state index is 13.5. The topological polar surface area (TPSA) is 73.6 Å². The fraction of sp³-hybridized carbons (Fsp3) is 0.533.